The first-order valence-corrected chi connectivity index (χ1v) is 17.2. The van der Waals surface area contributed by atoms with Gasteiger partial charge in [0.2, 0.25) is 0 Å². The lowest BCUT2D eigenvalue weighted by Crippen LogP contribution is -2.00. The van der Waals surface area contributed by atoms with Gasteiger partial charge >= 0.3 is 0 Å². The van der Waals surface area contributed by atoms with Crippen LogP contribution in [-0.4, -0.2) is 15.0 Å². The Hall–Kier alpha value is -6.23. The van der Waals surface area contributed by atoms with Crippen LogP contribution < -0.4 is 0 Å². The van der Waals surface area contributed by atoms with Crippen molar-refractivity contribution in [1.82, 2.24) is 15.0 Å². The maximum atomic E-state index is 5.11. The van der Waals surface area contributed by atoms with Crippen molar-refractivity contribution in [3.8, 4) is 67.5 Å². The Morgan fingerprint density at radius 2 is 0.796 bits per heavy atom. The number of nitrogens with zero attached hydrogens (tertiary/aromatic N) is 3. The lowest BCUT2D eigenvalue weighted by atomic mass is 9.87. The van der Waals surface area contributed by atoms with E-state index in [0.29, 0.717) is 17.5 Å². The maximum absolute atomic E-state index is 5.11. The molecule has 230 valence electrons. The van der Waals surface area contributed by atoms with E-state index >= 15 is 0 Å². The summed E-state index contributed by atoms with van der Waals surface area (Å²) in [6.07, 6.45) is 0. The number of hydrogen-bond acceptors (Lipinski definition) is 4. The minimum atomic E-state index is 0.658. The van der Waals surface area contributed by atoms with Gasteiger partial charge in [-0.2, -0.15) is 0 Å². The lowest BCUT2D eigenvalue weighted by molar-refractivity contribution is 1.08. The molecule has 7 aromatic carbocycles. The van der Waals surface area contributed by atoms with Crippen LogP contribution in [-0.2, 0) is 0 Å². The minimum Gasteiger partial charge on any atom is -0.208 e. The van der Waals surface area contributed by atoms with E-state index in [1.165, 1.54) is 48.2 Å². The summed E-state index contributed by atoms with van der Waals surface area (Å²) in [5, 5.41) is 2.35. The van der Waals surface area contributed by atoms with Crippen molar-refractivity contribution in [3.63, 3.8) is 0 Å². The second-order valence-electron chi connectivity index (χ2n) is 12.0. The smallest absolute Gasteiger partial charge is 0.164 e. The third kappa shape index (κ3) is 5.38. The summed E-state index contributed by atoms with van der Waals surface area (Å²) >= 11 is 1.81. The largest absolute Gasteiger partial charge is 0.208 e. The zero-order chi connectivity index (χ0) is 32.6. The lowest BCUT2D eigenvalue weighted by Gasteiger charge is -2.16. The Morgan fingerprint density at radius 1 is 0.327 bits per heavy atom. The Bertz CT molecular complexity index is 2460. The predicted molar refractivity (Wildman–Crippen MR) is 205 cm³/mol. The molecule has 4 heteroatoms. The molecule has 0 amide bonds. The van der Waals surface area contributed by atoms with Gasteiger partial charge in [-0.3, -0.25) is 0 Å². The second kappa shape index (κ2) is 12.4. The molecule has 0 fully saturated rings. The van der Waals surface area contributed by atoms with Gasteiger partial charge < -0.3 is 0 Å². The molecule has 0 aliphatic heterocycles. The Labute approximate surface area is 288 Å². The van der Waals surface area contributed by atoms with Crippen LogP contribution >= 0.6 is 11.3 Å². The first-order chi connectivity index (χ1) is 24.3. The van der Waals surface area contributed by atoms with E-state index in [2.05, 4.69) is 140 Å². The standard InChI is InChI=1S/C45H29N3S/c1-5-15-30(16-6-1)35-23-13-24-36(31-17-7-2-8-18-31)41(35)34-27-28-39-38(29-34)42-37(25-14-26-40(42)49-39)45-47-43(32-19-9-3-10-20-32)46-44(48-45)33-21-11-4-12-22-33/h1-29H. The summed E-state index contributed by atoms with van der Waals surface area (Å²) in [5.74, 6) is 1.98. The fraction of sp³-hybridized carbons (Fsp3) is 0. The molecule has 0 atom stereocenters. The summed E-state index contributed by atoms with van der Waals surface area (Å²) in [6.45, 7) is 0. The van der Waals surface area contributed by atoms with Crippen molar-refractivity contribution >= 4 is 31.5 Å². The van der Waals surface area contributed by atoms with Gasteiger partial charge in [0.25, 0.3) is 0 Å². The molecule has 9 aromatic rings. The van der Waals surface area contributed by atoms with Gasteiger partial charge in [0.15, 0.2) is 17.5 Å². The van der Waals surface area contributed by atoms with Crippen LogP contribution in [0.2, 0.25) is 0 Å². The Balaban J connectivity index is 1.29. The van der Waals surface area contributed by atoms with Crippen molar-refractivity contribution in [3.05, 3.63) is 176 Å². The Morgan fingerprint density at radius 3 is 1.35 bits per heavy atom. The van der Waals surface area contributed by atoms with Crippen LogP contribution in [0, 0.1) is 0 Å². The average molecular weight is 644 g/mol. The average Bonchev–Trinajstić information content (AvgIpc) is 3.57. The molecule has 0 unspecified atom stereocenters. The third-order valence-electron chi connectivity index (χ3n) is 8.96. The number of aromatic nitrogens is 3. The summed E-state index contributed by atoms with van der Waals surface area (Å²) in [4.78, 5) is 15.2. The SMILES string of the molecule is c1ccc(-c2nc(-c3ccccc3)nc(-c3cccc4sc5ccc(-c6c(-c7ccccc7)cccc6-c6ccccc6)cc5c34)n2)cc1. The molecule has 2 heterocycles. The highest BCUT2D eigenvalue weighted by molar-refractivity contribution is 7.26. The van der Waals surface area contributed by atoms with E-state index in [0.717, 1.165) is 22.1 Å². The number of rotatable bonds is 6. The van der Waals surface area contributed by atoms with Gasteiger partial charge in [0.05, 0.1) is 0 Å². The maximum Gasteiger partial charge on any atom is 0.164 e. The first-order valence-electron chi connectivity index (χ1n) is 16.4. The van der Waals surface area contributed by atoms with Crippen LogP contribution in [0.4, 0.5) is 0 Å². The molecule has 0 aliphatic carbocycles. The molecule has 3 nitrogen and oxygen atoms in total. The quantitative estimate of drug-likeness (QED) is 0.181. The summed E-state index contributed by atoms with van der Waals surface area (Å²) < 4.78 is 2.43. The molecule has 0 bridgehead atoms. The van der Waals surface area contributed by atoms with E-state index in [1.54, 1.807) is 11.3 Å². The molecule has 9 rings (SSSR count). The topological polar surface area (TPSA) is 38.7 Å². The van der Waals surface area contributed by atoms with Gasteiger partial charge in [-0.1, -0.05) is 158 Å². The molecular weight excluding hydrogens is 615 g/mol. The number of hydrogen-bond donors (Lipinski definition) is 0. The van der Waals surface area contributed by atoms with Crippen molar-refractivity contribution in [2.75, 3.05) is 0 Å². The Kier molecular flexibility index (Phi) is 7.34. The zero-order valence-electron chi connectivity index (χ0n) is 26.5. The van der Waals surface area contributed by atoms with Gasteiger partial charge in [-0.25, -0.2) is 15.0 Å². The molecule has 2 aromatic heterocycles. The highest BCUT2D eigenvalue weighted by Crippen LogP contribution is 2.45. The zero-order valence-corrected chi connectivity index (χ0v) is 27.3. The van der Waals surface area contributed by atoms with Crippen molar-refractivity contribution in [1.29, 1.82) is 0 Å². The van der Waals surface area contributed by atoms with Crippen LogP contribution in [0.25, 0.3) is 87.7 Å². The van der Waals surface area contributed by atoms with E-state index < -0.39 is 0 Å². The van der Waals surface area contributed by atoms with Gasteiger partial charge in [-0.15, -0.1) is 11.3 Å². The van der Waals surface area contributed by atoms with E-state index in [-0.39, 0.29) is 0 Å². The minimum absolute atomic E-state index is 0.658. The molecule has 0 N–H and O–H groups in total. The predicted octanol–water partition coefficient (Wildman–Crippen LogP) is 12.2. The second-order valence-corrected chi connectivity index (χ2v) is 13.1. The summed E-state index contributed by atoms with van der Waals surface area (Å²) in [7, 11) is 0. The first kappa shape index (κ1) is 29.0. The van der Waals surface area contributed by atoms with Crippen molar-refractivity contribution < 1.29 is 0 Å². The van der Waals surface area contributed by atoms with E-state index in [1.807, 2.05) is 36.4 Å². The third-order valence-corrected chi connectivity index (χ3v) is 10.1. The van der Waals surface area contributed by atoms with Crippen molar-refractivity contribution in [2.24, 2.45) is 0 Å². The number of fused-ring (bicyclic) bond motifs is 3. The normalized spacial score (nSPS) is 11.3. The van der Waals surface area contributed by atoms with E-state index in [4.69, 9.17) is 15.0 Å². The fourth-order valence-corrected chi connectivity index (χ4v) is 7.79. The summed E-state index contributed by atoms with van der Waals surface area (Å²) in [6, 6.07) is 61.7. The number of benzene rings is 7. The van der Waals surface area contributed by atoms with Crippen LogP contribution in [0.3, 0.4) is 0 Å². The summed E-state index contributed by atoms with van der Waals surface area (Å²) in [5.41, 5.74) is 10.1. The molecular formula is C45H29N3S. The van der Waals surface area contributed by atoms with Crippen LogP contribution in [0.1, 0.15) is 0 Å². The van der Waals surface area contributed by atoms with Crippen LogP contribution in [0.5, 0.6) is 0 Å². The van der Waals surface area contributed by atoms with Crippen LogP contribution in [0.15, 0.2) is 176 Å². The van der Waals surface area contributed by atoms with Gasteiger partial charge in [-0.05, 0) is 51.6 Å². The molecule has 0 saturated heterocycles. The number of thiophene rings is 1. The molecule has 0 saturated carbocycles. The van der Waals surface area contributed by atoms with Gasteiger partial charge in [0.1, 0.15) is 0 Å². The molecule has 49 heavy (non-hydrogen) atoms. The highest BCUT2D eigenvalue weighted by Gasteiger charge is 2.19. The highest BCUT2D eigenvalue weighted by atomic mass is 32.1. The molecule has 0 radical (unpaired) electrons. The fourth-order valence-electron chi connectivity index (χ4n) is 6.68. The van der Waals surface area contributed by atoms with Crippen molar-refractivity contribution in [2.45, 2.75) is 0 Å². The molecule has 0 aliphatic rings. The monoisotopic (exact) mass is 643 g/mol. The molecule has 0 spiro atoms. The van der Waals surface area contributed by atoms with Gasteiger partial charge in [0, 0.05) is 36.9 Å². The van der Waals surface area contributed by atoms with E-state index in [9.17, 15) is 0 Å².